The Morgan fingerprint density at radius 3 is 1.38 bits per heavy atom. The van der Waals surface area contributed by atoms with Gasteiger partial charge in [0.15, 0.2) is 0 Å². The Labute approximate surface area is 296 Å². The molecule has 48 heavy (non-hydrogen) atoms. The largest absolute Gasteiger partial charge is 0.394 e. The van der Waals surface area contributed by atoms with Gasteiger partial charge in [-0.3, -0.25) is 4.79 Å². The Balaban J connectivity index is 3.69. The number of allylic oxidation sites excluding steroid dienone is 16. The Morgan fingerprint density at radius 1 is 0.521 bits per heavy atom. The number of carbonyl (C=O) groups is 1. The molecule has 0 aromatic heterocycles. The van der Waals surface area contributed by atoms with Crippen molar-refractivity contribution in [2.75, 3.05) is 6.61 Å². The van der Waals surface area contributed by atoms with Gasteiger partial charge < -0.3 is 15.5 Å². The van der Waals surface area contributed by atoms with E-state index in [1.807, 2.05) is 0 Å². The fraction of sp³-hybridized carbons (Fsp3) is 0.614. The number of hydrogen-bond donors (Lipinski definition) is 3. The van der Waals surface area contributed by atoms with E-state index in [2.05, 4.69) is 116 Å². The molecule has 4 nitrogen and oxygen atoms in total. The first-order valence-electron chi connectivity index (χ1n) is 19.4. The van der Waals surface area contributed by atoms with Crippen molar-refractivity contribution in [1.29, 1.82) is 0 Å². The highest BCUT2D eigenvalue weighted by molar-refractivity contribution is 5.76. The fourth-order valence-corrected chi connectivity index (χ4v) is 5.14. The van der Waals surface area contributed by atoms with Crippen molar-refractivity contribution in [3.8, 4) is 0 Å². The highest BCUT2D eigenvalue weighted by Gasteiger charge is 2.19. The zero-order valence-electron chi connectivity index (χ0n) is 31.0. The minimum absolute atomic E-state index is 0.0663. The molecule has 0 aliphatic heterocycles. The van der Waals surface area contributed by atoms with Crippen LogP contribution >= 0.6 is 0 Å². The molecule has 0 saturated carbocycles. The first kappa shape index (κ1) is 45.3. The predicted octanol–water partition coefficient (Wildman–Crippen LogP) is 11.9. The third-order valence-corrected chi connectivity index (χ3v) is 8.11. The number of unbranched alkanes of at least 4 members (excludes halogenated alkanes) is 10. The zero-order chi connectivity index (χ0) is 35.0. The maximum atomic E-state index is 12.3. The van der Waals surface area contributed by atoms with Crippen molar-refractivity contribution in [2.24, 2.45) is 0 Å². The van der Waals surface area contributed by atoms with Gasteiger partial charge in [-0.25, -0.2) is 0 Å². The molecule has 272 valence electrons. The van der Waals surface area contributed by atoms with Crippen molar-refractivity contribution in [3.05, 3.63) is 97.2 Å². The van der Waals surface area contributed by atoms with Gasteiger partial charge in [-0.05, 0) is 77.0 Å². The second-order valence-corrected chi connectivity index (χ2v) is 12.6. The Morgan fingerprint density at radius 2 is 0.917 bits per heavy atom. The van der Waals surface area contributed by atoms with Gasteiger partial charge in [-0.15, -0.1) is 0 Å². The van der Waals surface area contributed by atoms with Gasteiger partial charge in [0, 0.05) is 6.42 Å². The summed E-state index contributed by atoms with van der Waals surface area (Å²) in [6.45, 7) is 4.16. The van der Waals surface area contributed by atoms with Crippen molar-refractivity contribution >= 4 is 5.91 Å². The maximum absolute atomic E-state index is 12.3. The van der Waals surface area contributed by atoms with E-state index in [1.165, 1.54) is 32.1 Å². The van der Waals surface area contributed by atoms with E-state index in [1.54, 1.807) is 0 Å². The van der Waals surface area contributed by atoms with Gasteiger partial charge in [0.1, 0.15) is 0 Å². The summed E-state index contributed by atoms with van der Waals surface area (Å²) in [4.78, 5) is 12.3. The molecule has 4 heteroatoms. The average Bonchev–Trinajstić information content (AvgIpc) is 3.09. The molecule has 0 aliphatic carbocycles. The number of hydrogen-bond acceptors (Lipinski definition) is 3. The highest BCUT2D eigenvalue weighted by Crippen LogP contribution is 2.12. The molecule has 1 amide bonds. The third kappa shape index (κ3) is 34.6. The summed E-state index contributed by atoms with van der Waals surface area (Å²) in [7, 11) is 0. The van der Waals surface area contributed by atoms with Crippen LogP contribution in [0, 0.1) is 0 Å². The Hall–Kier alpha value is -2.69. The molecule has 0 bridgehead atoms. The summed E-state index contributed by atoms with van der Waals surface area (Å²) in [6, 6.07) is -0.553. The molecule has 0 aliphatic rings. The molecule has 0 radical (unpaired) electrons. The molecule has 0 saturated heterocycles. The molecule has 3 N–H and O–H groups in total. The second-order valence-electron chi connectivity index (χ2n) is 12.6. The first-order chi connectivity index (χ1) is 23.7. The van der Waals surface area contributed by atoms with Crippen LogP contribution in [0.15, 0.2) is 97.2 Å². The monoisotopic (exact) mass is 664 g/mol. The van der Waals surface area contributed by atoms with Gasteiger partial charge >= 0.3 is 0 Å². The van der Waals surface area contributed by atoms with Crippen LogP contribution in [0.2, 0.25) is 0 Å². The summed E-state index contributed by atoms with van der Waals surface area (Å²) in [6.07, 6.45) is 57.7. The van der Waals surface area contributed by atoms with Gasteiger partial charge in [-0.1, -0.05) is 169 Å². The second kappa shape index (κ2) is 38.8. The highest BCUT2D eigenvalue weighted by atomic mass is 16.3. The number of carbonyl (C=O) groups excluding carboxylic acids is 1. The van der Waals surface area contributed by atoms with E-state index in [-0.39, 0.29) is 12.5 Å². The Kier molecular flexibility index (Phi) is 36.6. The predicted molar refractivity (Wildman–Crippen MR) is 211 cm³/mol. The van der Waals surface area contributed by atoms with Crippen molar-refractivity contribution in [3.63, 3.8) is 0 Å². The smallest absolute Gasteiger partial charge is 0.220 e. The molecular weight excluding hydrogens is 590 g/mol. The van der Waals surface area contributed by atoms with Crippen LogP contribution < -0.4 is 5.32 Å². The SMILES string of the molecule is CC/C=C\C/C=C\C/C=C\C/C=C\C/C=C\C/C=C\C/C=C\C/C=C\CCCCCCC(=O)NC(CO)C(O)CCCCCCCCC. The number of aliphatic hydroxyl groups is 2. The van der Waals surface area contributed by atoms with E-state index in [0.29, 0.717) is 12.8 Å². The quantitative estimate of drug-likeness (QED) is 0.0483. The summed E-state index contributed by atoms with van der Waals surface area (Å²) in [5, 5.41) is 22.9. The lowest BCUT2D eigenvalue weighted by molar-refractivity contribution is -0.123. The van der Waals surface area contributed by atoms with Crippen molar-refractivity contribution in [2.45, 2.75) is 167 Å². The van der Waals surface area contributed by atoms with Crippen LogP contribution in [0.3, 0.4) is 0 Å². The molecule has 0 aromatic carbocycles. The molecule has 0 spiro atoms. The Bertz CT molecular complexity index is 937. The van der Waals surface area contributed by atoms with E-state index in [4.69, 9.17) is 0 Å². The first-order valence-corrected chi connectivity index (χ1v) is 19.4. The van der Waals surface area contributed by atoms with E-state index in [9.17, 15) is 15.0 Å². The average molecular weight is 664 g/mol. The summed E-state index contributed by atoms with van der Waals surface area (Å²) in [5.74, 6) is -0.0663. The molecule has 0 fully saturated rings. The lowest BCUT2D eigenvalue weighted by Crippen LogP contribution is -2.45. The van der Waals surface area contributed by atoms with Gasteiger partial charge in [0.05, 0.1) is 18.8 Å². The lowest BCUT2D eigenvalue weighted by atomic mass is 10.0. The van der Waals surface area contributed by atoms with E-state index in [0.717, 1.165) is 96.3 Å². The summed E-state index contributed by atoms with van der Waals surface area (Å²) < 4.78 is 0. The number of nitrogens with one attached hydrogen (secondary N) is 1. The molecule has 0 heterocycles. The lowest BCUT2D eigenvalue weighted by Gasteiger charge is -2.22. The van der Waals surface area contributed by atoms with Crippen LogP contribution in [-0.2, 0) is 4.79 Å². The number of amides is 1. The summed E-state index contributed by atoms with van der Waals surface area (Å²) in [5.41, 5.74) is 0. The van der Waals surface area contributed by atoms with Crippen LogP contribution in [0.1, 0.15) is 155 Å². The van der Waals surface area contributed by atoms with Gasteiger partial charge in [0.25, 0.3) is 0 Å². The molecule has 0 aromatic rings. The van der Waals surface area contributed by atoms with Crippen LogP contribution in [0.5, 0.6) is 0 Å². The van der Waals surface area contributed by atoms with Crippen LogP contribution in [-0.4, -0.2) is 34.9 Å². The minimum Gasteiger partial charge on any atom is -0.394 e. The van der Waals surface area contributed by atoms with Crippen molar-refractivity contribution in [1.82, 2.24) is 5.32 Å². The van der Waals surface area contributed by atoms with Crippen LogP contribution in [0.4, 0.5) is 0 Å². The third-order valence-electron chi connectivity index (χ3n) is 8.11. The van der Waals surface area contributed by atoms with Crippen LogP contribution in [0.25, 0.3) is 0 Å². The number of aliphatic hydroxyl groups excluding tert-OH is 2. The normalized spacial score (nSPS) is 14.2. The van der Waals surface area contributed by atoms with Gasteiger partial charge in [-0.2, -0.15) is 0 Å². The fourth-order valence-electron chi connectivity index (χ4n) is 5.14. The molecule has 2 atom stereocenters. The van der Waals surface area contributed by atoms with E-state index >= 15 is 0 Å². The van der Waals surface area contributed by atoms with E-state index < -0.39 is 12.1 Å². The molecule has 0 rings (SSSR count). The minimum atomic E-state index is -0.673. The molecule has 2 unspecified atom stereocenters. The maximum Gasteiger partial charge on any atom is 0.220 e. The standard InChI is InChI=1S/C44H73NO3/c1-3-5-7-9-11-12-13-14-15-16-17-18-19-20-21-22-23-24-25-26-27-28-29-30-31-32-34-36-38-40-44(48)45-42(41-46)43(47)39-37-35-33-10-8-6-4-2/h5,7,11-12,14-15,17-18,20-21,23-24,26-27,29-30,42-43,46-47H,3-4,6,8-10,13,16,19,22,25,28,31-41H2,1-2H3,(H,45,48)/b7-5-,12-11-,15-14-,18-17-,21-20-,24-23-,27-26-,30-29-. The topological polar surface area (TPSA) is 69.6 Å². The summed E-state index contributed by atoms with van der Waals surface area (Å²) >= 11 is 0. The zero-order valence-corrected chi connectivity index (χ0v) is 31.0. The van der Waals surface area contributed by atoms with Gasteiger partial charge in [0.2, 0.25) is 5.91 Å². The number of rotatable bonds is 33. The van der Waals surface area contributed by atoms with Crippen molar-refractivity contribution < 1.29 is 15.0 Å². The molecular formula is C44H73NO3.